The molecule has 2 aromatic rings. The molecule has 2 amide bonds. The number of pyridine rings is 1. The lowest BCUT2D eigenvalue weighted by Crippen LogP contribution is -2.37. The van der Waals surface area contributed by atoms with E-state index in [0.29, 0.717) is 19.4 Å². The van der Waals surface area contributed by atoms with E-state index in [4.69, 9.17) is 18.9 Å². The molecule has 0 saturated carbocycles. The summed E-state index contributed by atoms with van der Waals surface area (Å²) >= 11 is 0. The van der Waals surface area contributed by atoms with E-state index in [1.165, 1.54) is 12.3 Å². The number of hydrogen-bond donors (Lipinski definition) is 2. The molecule has 0 aliphatic carbocycles. The third-order valence-electron chi connectivity index (χ3n) is 4.78. The minimum atomic E-state index is -0.783. The number of carbonyl (C=O) groups is 2. The summed E-state index contributed by atoms with van der Waals surface area (Å²) in [6, 6.07) is 10.4. The first-order valence-electron chi connectivity index (χ1n) is 11.4. The fourth-order valence-electron chi connectivity index (χ4n) is 3.15. The van der Waals surface area contributed by atoms with Crippen molar-refractivity contribution in [1.82, 2.24) is 9.99 Å². The lowest BCUT2D eigenvalue weighted by molar-refractivity contribution is -0.107. The Morgan fingerprint density at radius 2 is 1.71 bits per heavy atom. The Hall–Kier alpha value is -3.37. The van der Waals surface area contributed by atoms with Gasteiger partial charge in [-0.25, -0.2) is 14.9 Å². The van der Waals surface area contributed by atoms with Crippen molar-refractivity contribution in [2.24, 2.45) is 0 Å². The number of benzene rings is 1. The standard InChI is InChI=1S/C25H35N3O7/c1-25(2,3)35-24(31)27-28-16-14-19(29)22(34-17-18-11-7-6-8-12-18)21(28)23(30)26-15-10-9-13-20(32-4)33-5/h6-8,11-12,14,16,20H,9-10,13,15,17H2,1-5H3,(H,26,30)(H,27,31). The average Bonchev–Trinajstić information content (AvgIpc) is 2.80. The Bertz CT molecular complexity index is 1010. The van der Waals surface area contributed by atoms with Crippen molar-refractivity contribution in [3.63, 3.8) is 0 Å². The molecule has 0 radical (unpaired) electrons. The van der Waals surface area contributed by atoms with E-state index >= 15 is 0 Å². The Labute approximate surface area is 205 Å². The summed E-state index contributed by atoms with van der Waals surface area (Å²) in [4.78, 5) is 38.2. The number of hydrogen-bond acceptors (Lipinski definition) is 7. The van der Waals surface area contributed by atoms with E-state index in [-0.39, 0.29) is 24.3 Å². The minimum Gasteiger partial charge on any atom is -0.482 e. The third-order valence-corrected chi connectivity index (χ3v) is 4.78. The maximum atomic E-state index is 13.1. The monoisotopic (exact) mass is 489 g/mol. The lowest BCUT2D eigenvalue weighted by atomic mass is 10.2. The summed E-state index contributed by atoms with van der Waals surface area (Å²) in [7, 11) is 3.14. The molecule has 192 valence electrons. The number of methoxy groups -OCH3 is 2. The summed E-state index contributed by atoms with van der Waals surface area (Å²) in [6.45, 7) is 5.57. The molecule has 1 heterocycles. The van der Waals surface area contributed by atoms with E-state index in [1.54, 1.807) is 35.0 Å². The molecule has 0 aliphatic rings. The topological polar surface area (TPSA) is 117 Å². The molecule has 0 bridgehead atoms. The van der Waals surface area contributed by atoms with Gasteiger partial charge in [0.25, 0.3) is 5.91 Å². The van der Waals surface area contributed by atoms with Crippen LogP contribution in [0.3, 0.4) is 0 Å². The molecular formula is C25H35N3O7. The third kappa shape index (κ3) is 9.42. The number of ether oxygens (including phenoxy) is 4. The molecule has 0 unspecified atom stereocenters. The fraction of sp³-hybridized carbons (Fsp3) is 0.480. The molecule has 35 heavy (non-hydrogen) atoms. The van der Waals surface area contributed by atoms with Crippen LogP contribution in [0.15, 0.2) is 47.4 Å². The summed E-state index contributed by atoms with van der Waals surface area (Å²) in [5.41, 5.74) is 1.93. The van der Waals surface area contributed by atoms with Gasteiger partial charge in [0.1, 0.15) is 12.2 Å². The molecular weight excluding hydrogens is 454 g/mol. The molecule has 0 aliphatic heterocycles. The van der Waals surface area contributed by atoms with Crippen LogP contribution in [0, 0.1) is 0 Å². The van der Waals surface area contributed by atoms with Gasteiger partial charge in [-0.2, -0.15) is 0 Å². The van der Waals surface area contributed by atoms with Crippen LogP contribution in [0.25, 0.3) is 0 Å². The summed E-state index contributed by atoms with van der Waals surface area (Å²) in [5, 5.41) is 2.78. The number of unbranched alkanes of at least 4 members (excludes halogenated alkanes) is 1. The van der Waals surface area contributed by atoms with Crippen LogP contribution in [-0.4, -0.2) is 49.3 Å². The van der Waals surface area contributed by atoms with E-state index in [2.05, 4.69) is 10.7 Å². The van der Waals surface area contributed by atoms with E-state index in [1.807, 2.05) is 30.3 Å². The molecule has 10 heteroatoms. The highest BCUT2D eigenvalue weighted by molar-refractivity contribution is 5.96. The molecule has 0 spiro atoms. The van der Waals surface area contributed by atoms with Gasteiger partial charge in [0, 0.05) is 33.0 Å². The molecule has 2 N–H and O–H groups in total. The van der Waals surface area contributed by atoms with Crippen molar-refractivity contribution in [2.45, 2.75) is 58.5 Å². The normalized spacial score (nSPS) is 11.3. The van der Waals surface area contributed by atoms with Crippen molar-refractivity contribution in [2.75, 3.05) is 26.2 Å². The predicted molar refractivity (Wildman–Crippen MR) is 131 cm³/mol. The predicted octanol–water partition coefficient (Wildman–Crippen LogP) is 3.42. The molecule has 1 aromatic carbocycles. The van der Waals surface area contributed by atoms with Gasteiger partial charge in [-0.3, -0.25) is 9.59 Å². The Morgan fingerprint density at radius 3 is 2.34 bits per heavy atom. The van der Waals surface area contributed by atoms with Crippen LogP contribution in [0.5, 0.6) is 5.75 Å². The highest BCUT2D eigenvalue weighted by Gasteiger charge is 2.23. The quantitative estimate of drug-likeness (QED) is 0.346. The lowest BCUT2D eigenvalue weighted by Gasteiger charge is -2.22. The summed E-state index contributed by atoms with van der Waals surface area (Å²) in [5.74, 6) is -0.749. The molecule has 10 nitrogen and oxygen atoms in total. The smallest absolute Gasteiger partial charge is 0.426 e. The van der Waals surface area contributed by atoms with Gasteiger partial charge in [-0.1, -0.05) is 30.3 Å². The second-order valence-corrected chi connectivity index (χ2v) is 8.77. The molecule has 1 aromatic heterocycles. The van der Waals surface area contributed by atoms with Crippen LogP contribution in [0.2, 0.25) is 0 Å². The van der Waals surface area contributed by atoms with Crippen LogP contribution in [-0.2, 0) is 20.8 Å². The number of nitrogens with one attached hydrogen (secondary N) is 2. The maximum absolute atomic E-state index is 13.1. The van der Waals surface area contributed by atoms with Crippen LogP contribution in [0.4, 0.5) is 4.79 Å². The molecule has 0 fully saturated rings. The van der Waals surface area contributed by atoms with Crippen molar-refractivity contribution in [3.8, 4) is 5.75 Å². The van der Waals surface area contributed by atoms with E-state index in [0.717, 1.165) is 16.7 Å². The average molecular weight is 490 g/mol. The van der Waals surface area contributed by atoms with Crippen LogP contribution < -0.4 is 20.9 Å². The fourth-order valence-corrected chi connectivity index (χ4v) is 3.15. The second-order valence-electron chi connectivity index (χ2n) is 8.77. The molecule has 2 rings (SSSR count). The Morgan fingerprint density at radius 1 is 1.03 bits per heavy atom. The number of carbonyl (C=O) groups excluding carboxylic acids is 2. The zero-order valence-corrected chi connectivity index (χ0v) is 21.0. The van der Waals surface area contributed by atoms with Crippen molar-refractivity contribution in [3.05, 3.63) is 64.1 Å². The highest BCUT2D eigenvalue weighted by atomic mass is 16.7. The van der Waals surface area contributed by atoms with Gasteiger partial charge in [-0.15, -0.1) is 0 Å². The summed E-state index contributed by atoms with van der Waals surface area (Å²) in [6.07, 6.45) is 2.28. The number of aromatic nitrogens is 1. The molecule has 0 saturated heterocycles. The van der Waals surface area contributed by atoms with E-state index < -0.39 is 23.0 Å². The second kappa shape index (κ2) is 13.5. The largest absolute Gasteiger partial charge is 0.482 e. The first-order chi connectivity index (χ1) is 16.6. The summed E-state index contributed by atoms with van der Waals surface area (Å²) < 4.78 is 22.5. The Balaban J connectivity index is 2.21. The van der Waals surface area contributed by atoms with Gasteiger partial charge < -0.3 is 24.3 Å². The van der Waals surface area contributed by atoms with Crippen LogP contribution >= 0.6 is 0 Å². The van der Waals surface area contributed by atoms with E-state index in [9.17, 15) is 14.4 Å². The van der Waals surface area contributed by atoms with Gasteiger partial charge in [0.15, 0.2) is 17.7 Å². The first-order valence-corrected chi connectivity index (χ1v) is 11.4. The first kappa shape index (κ1) is 27.9. The van der Waals surface area contributed by atoms with Crippen molar-refractivity contribution in [1.29, 1.82) is 0 Å². The van der Waals surface area contributed by atoms with Gasteiger partial charge in [-0.05, 0) is 45.6 Å². The van der Waals surface area contributed by atoms with Crippen molar-refractivity contribution >= 4 is 12.0 Å². The van der Waals surface area contributed by atoms with Gasteiger partial charge in [0.2, 0.25) is 5.43 Å². The van der Waals surface area contributed by atoms with Gasteiger partial charge in [0.05, 0.1) is 0 Å². The number of amides is 2. The Kier molecular flexibility index (Phi) is 10.8. The molecule has 0 atom stereocenters. The minimum absolute atomic E-state index is 0.0717. The number of rotatable bonds is 12. The SMILES string of the molecule is COC(CCCCNC(=O)c1c(OCc2ccccc2)c(=O)ccn1NC(=O)OC(C)(C)C)OC. The van der Waals surface area contributed by atoms with Crippen molar-refractivity contribution < 1.29 is 28.5 Å². The zero-order valence-electron chi connectivity index (χ0n) is 21.0. The maximum Gasteiger partial charge on any atom is 0.426 e. The number of nitrogens with zero attached hydrogens (tertiary/aromatic N) is 1. The zero-order chi connectivity index (χ0) is 25.8. The highest BCUT2D eigenvalue weighted by Crippen LogP contribution is 2.16. The van der Waals surface area contributed by atoms with Gasteiger partial charge >= 0.3 is 6.09 Å². The van der Waals surface area contributed by atoms with Crippen LogP contribution in [0.1, 0.15) is 56.1 Å².